The van der Waals surface area contributed by atoms with Crippen molar-refractivity contribution >= 4 is 38.6 Å². The SMILES string of the molecule is NC(c1ccn2nc(-c3ccc(F)cc3)c(-c3ccncc3)c2c1)C(OC(=O)c1ccc(Cl)c(S(N)(=O)=O)c1)c1ccn2nc(-c3ccc(F)cc3)c(-c3ccncc3)c2c1. The fraction of sp³-hybridized carbons (Fsp3) is 0.0444. The van der Waals surface area contributed by atoms with Crippen LogP contribution >= 0.6 is 11.6 Å². The highest BCUT2D eigenvalue weighted by atomic mass is 35.5. The van der Waals surface area contributed by atoms with Crippen LogP contribution in [0.1, 0.15) is 33.6 Å². The minimum atomic E-state index is -4.31. The number of halogens is 3. The Morgan fingerprint density at radius 1 is 0.639 bits per heavy atom. The van der Waals surface area contributed by atoms with Crippen molar-refractivity contribution in [3.8, 4) is 44.8 Å². The van der Waals surface area contributed by atoms with Gasteiger partial charge in [-0.25, -0.2) is 36.2 Å². The predicted octanol–water partition coefficient (Wildman–Crippen LogP) is 8.62. The Morgan fingerprint density at radius 3 is 1.61 bits per heavy atom. The van der Waals surface area contributed by atoms with Gasteiger partial charge in [-0.3, -0.25) is 9.97 Å². The molecule has 6 heterocycles. The first-order valence-corrected chi connectivity index (χ1v) is 20.5. The molecule has 302 valence electrons. The van der Waals surface area contributed by atoms with Crippen molar-refractivity contribution in [2.75, 3.05) is 0 Å². The van der Waals surface area contributed by atoms with Crippen LogP contribution in [-0.4, -0.2) is 43.6 Å². The van der Waals surface area contributed by atoms with Gasteiger partial charge in [-0.1, -0.05) is 11.6 Å². The zero-order valence-corrected chi connectivity index (χ0v) is 33.2. The van der Waals surface area contributed by atoms with Crippen LogP contribution in [0.5, 0.6) is 0 Å². The van der Waals surface area contributed by atoms with Gasteiger partial charge in [-0.2, -0.15) is 10.2 Å². The number of nitrogens with two attached hydrogens (primary N) is 2. The molecule has 6 aromatic heterocycles. The number of hydrogen-bond acceptors (Lipinski definition) is 9. The van der Waals surface area contributed by atoms with Crippen LogP contribution in [-0.2, 0) is 14.8 Å². The first-order valence-electron chi connectivity index (χ1n) is 18.6. The van der Waals surface area contributed by atoms with E-state index in [-0.39, 0.29) is 16.4 Å². The number of pyridine rings is 4. The number of ether oxygens (including phenoxy) is 1. The number of nitrogens with zero attached hydrogens (tertiary/aromatic N) is 6. The van der Waals surface area contributed by atoms with Gasteiger partial charge in [0.05, 0.1) is 27.7 Å². The fourth-order valence-corrected chi connectivity index (χ4v) is 8.36. The van der Waals surface area contributed by atoms with Crippen molar-refractivity contribution in [3.05, 3.63) is 186 Å². The van der Waals surface area contributed by atoms with Gasteiger partial charge in [0.15, 0.2) is 0 Å². The minimum absolute atomic E-state index is 0.137. The molecule has 12 nitrogen and oxygen atoms in total. The molecular weight excluding hydrogens is 822 g/mol. The smallest absolute Gasteiger partial charge is 0.338 e. The summed E-state index contributed by atoms with van der Waals surface area (Å²) in [6.45, 7) is 0. The first kappa shape index (κ1) is 39.3. The Kier molecular flexibility index (Phi) is 10.2. The summed E-state index contributed by atoms with van der Waals surface area (Å²) in [5, 5.41) is 15.0. The molecule has 3 aromatic carbocycles. The molecule has 0 radical (unpaired) electrons. The van der Waals surface area contributed by atoms with Gasteiger partial charge < -0.3 is 10.5 Å². The van der Waals surface area contributed by atoms with Crippen molar-refractivity contribution in [3.63, 3.8) is 0 Å². The van der Waals surface area contributed by atoms with Gasteiger partial charge in [-0.15, -0.1) is 0 Å². The number of fused-ring (bicyclic) bond motifs is 2. The van der Waals surface area contributed by atoms with Crippen molar-refractivity contribution in [1.29, 1.82) is 0 Å². The molecule has 9 aromatic rings. The molecule has 0 aliphatic carbocycles. The van der Waals surface area contributed by atoms with E-state index in [9.17, 15) is 22.0 Å². The summed E-state index contributed by atoms with van der Waals surface area (Å²) in [5.74, 6) is -1.69. The summed E-state index contributed by atoms with van der Waals surface area (Å²) < 4.78 is 62.4. The van der Waals surface area contributed by atoms with Gasteiger partial charge in [0.2, 0.25) is 10.0 Å². The normalized spacial score (nSPS) is 12.7. The topological polar surface area (TPSA) is 173 Å². The van der Waals surface area contributed by atoms with E-state index >= 15 is 0 Å². The Balaban J connectivity index is 1.21. The van der Waals surface area contributed by atoms with Crippen LogP contribution in [0.15, 0.2) is 157 Å². The first-order chi connectivity index (χ1) is 29.4. The molecule has 0 saturated heterocycles. The predicted molar refractivity (Wildman–Crippen MR) is 226 cm³/mol. The molecule has 0 aliphatic heterocycles. The van der Waals surface area contributed by atoms with E-state index in [1.165, 1.54) is 36.4 Å². The number of rotatable bonds is 10. The Hall–Kier alpha value is -7.17. The maximum atomic E-state index is 14.1. The number of esters is 1. The Labute approximate surface area is 351 Å². The third-order valence-electron chi connectivity index (χ3n) is 10.2. The molecule has 9 rings (SSSR count). The van der Waals surface area contributed by atoms with Crippen molar-refractivity contribution < 1.29 is 26.7 Å². The molecule has 4 N–H and O–H groups in total. The summed E-state index contributed by atoms with van der Waals surface area (Å²) in [7, 11) is -4.31. The van der Waals surface area contributed by atoms with Crippen LogP contribution < -0.4 is 10.9 Å². The molecule has 0 saturated carbocycles. The number of hydrogen-bond donors (Lipinski definition) is 2. The zero-order valence-electron chi connectivity index (χ0n) is 31.6. The molecule has 0 bridgehead atoms. The molecular formula is C45H31ClF2N8O4S. The highest BCUT2D eigenvalue weighted by Crippen LogP contribution is 2.40. The van der Waals surface area contributed by atoms with Crippen LogP contribution in [0.3, 0.4) is 0 Å². The van der Waals surface area contributed by atoms with E-state index in [2.05, 4.69) is 9.97 Å². The number of primary sulfonamides is 1. The summed E-state index contributed by atoms with van der Waals surface area (Å²) in [6.07, 6.45) is 8.84. The lowest BCUT2D eigenvalue weighted by Crippen LogP contribution is -2.25. The van der Waals surface area contributed by atoms with E-state index in [1.807, 2.05) is 30.3 Å². The van der Waals surface area contributed by atoms with Gasteiger partial charge >= 0.3 is 5.97 Å². The summed E-state index contributed by atoms with van der Waals surface area (Å²) in [6, 6.07) is 29.0. The fourth-order valence-electron chi connectivity index (χ4n) is 7.29. The zero-order chi connectivity index (χ0) is 42.4. The number of carbonyl (C=O) groups excluding carboxylic acids is 1. The van der Waals surface area contributed by atoms with Gasteiger partial charge in [0.25, 0.3) is 0 Å². The number of benzene rings is 3. The van der Waals surface area contributed by atoms with Gasteiger partial charge in [-0.05, 0) is 138 Å². The standard InChI is InChI=1S/C45H31ClF2N8O4S/c46-35-10-5-32(25-38(35)61(50,58)59)45(57)60-44(31-16-22-56-37(24-31)40(27-13-19-52-20-14-27)43(54-56)29-3-8-34(48)9-4-29)41(49)30-15-21-55-36(23-30)39(26-11-17-51-18-12-26)42(53-55)28-1-6-33(47)7-2-28/h1-25,41,44H,49H2,(H2,50,58,59). The summed E-state index contributed by atoms with van der Waals surface area (Å²) in [5.41, 5.74) is 14.8. The highest BCUT2D eigenvalue weighted by molar-refractivity contribution is 7.89. The molecule has 0 aliphatic rings. The molecule has 2 unspecified atom stereocenters. The third kappa shape index (κ3) is 7.62. The lowest BCUT2D eigenvalue weighted by atomic mass is 9.94. The number of sulfonamides is 1. The molecule has 0 amide bonds. The second-order valence-corrected chi connectivity index (χ2v) is 16.0. The molecule has 0 fully saturated rings. The van der Waals surface area contributed by atoms with E-state index in [1.54, 1.807) is 88.7 Å². The molecule has 0 spiro atoms. The van der Waals surface area contributed by atoms with Gasteiger partial charge in [0.1, 0.15) is 34.0 Å². The monoisotopic (exact) mass is 852 g/mol. The van der Waals surface area contributed by atoms with Crippen LogP contribution in [0, 0.1) is 11.6 Å². The van der Waals surface area contributed by atoms with E-state index < -0.39 is 38.9 Å². The van der Waals surface area contributed by atoms with E-state index in [0.29, 0.717) is 50.2 Å². The lowest BCUT2D eigenvalue weighted by molar-refractivity contribution is 0.0229. The highest BCUT2D eigenvalue weighted by Gasteiger charge is 2.30. The largest absolute Gasteiger partial charge is 0.452 e. The molecule has 16 heteroatoms. The van der Waals surface area contributed by atoms with E-state index in [0.717, 1.165) is 22.8 Å². The minimum Gasteiger partial charge on any atom is -0.452 e. The summed E-state index contributed by atoms with van der Waals surface area (Å²) >= 11 is 6.16. The second-order valence-electron chi connectivity index (χ2n) is 14.1. The van der Waals surface area contributed by atoms with Crippen LogP contribution in [0.4, 0.5) is 8.78 Å². The molecule has 2 atom stereocenters. The van der Waals surface area contributed by atoms with E-state index in [4.69, 9.17) is 37.4 Å². The number of aromatic nitrogens is 6. The van der Waals surface area contributed by atoms with Crippen molar-refractivity contribution in [2.45, 2.75) is 17.0 Å². The quantitative estimate of drug-likeness (QED) is 0.128. The lowest BCUT2D eigenvalue weighted by Gasteiger charge is -2.25. The van der Waals surface area contributed by atoms with Gasteiger partial charge in [0, 0.05) is 59.4 Å². The Bertz CT molecular complexity index is 3220. The average molecular weight is 853 g/mol. The number of carbonyl (C=O) groups is 1. The Morgan fingerprint density at radius 2 is 1.11 bits per heavy atom. The van der Waals surface area contributed by atoms with Crippen LogP contribution in [0.2, 0.25) is 5.02 Å². The maximum absolute atomic E-state index is 14.1. The molecule has 61 heavy (non-hydrogen) atoms. The third-order valence-corrected chi connectivity index (χ3v) is 11.6. The van der Waals surface area contributed by atoms with Crippen molar-refractivity contribution in [1.82, 2.24) is 29.2 Å². The van der Waals surface area contributed by atoms with Crippen LogP contribution in [0.25, 0.3) is 55.8 Å². The van der Waals surface area contributed by atoms with Crippen molar-refractivity contribution in [2.24, 2.45) is 10.9 Å². The second kappa shape index (κ2) is 15.8. The summed E-state index contributed by atoms with van der Waals surface area (Å²) in [4.78, 5) is 22.0. The maximum Gasteiger partial charge on any atom is 0.338 e. The average Bonchev–Trinajstić information content (AvgIpc) is 3.85.